The number of amides is 2. The minimum absolute atomic E-state index is 0.151. The predicted octanol–water partition coefficient (Wildman–Crippen LogP) is 4.84. The summed E-state index contributed by atoms with van der Waals surface area (Å²) in [5.74, 6) is -0.242. The summed E-state index contributed by atoms with van der Waals surface area (Å²) >= 11 is 0. The quantitative estimate of drug-likeness (QED) is 0.102. The first-order valence-corrected chi connectivity index (χ1v) is 15.9. The van der Waals surface area contributed by atoms with Crippen molar-refractivity contribution >= 4 is 23.7 Å². The summed E-state index contributed by atoms with van der Waals surface area (Å²) in [6.07, 6.45) is 1.55. The molecule has 2 N–H and O–H groups in total. The van der Waals surface area contributed by atoms with Gasteiger partial charge < -0.3 is 34.1 Å². The highest BCUT2D eigenvalue weighted by Crippen LogP contribution is 2.34. The molecule has 0 spiro atoms. The Balaban J connectivity index is 1.87. The van der Waals surface area contributed by atoms with E-state index in [-0.39, 0.29) is 30.4 Å². The number of nitrogens with one attached hydrogen (secondary N) is 2. The maximum Gasteiger partial charge on any atom is 0.273 e. The second kappa shape index (κ2) is 20.1. The van der Waals surface area contributed by atoms with Gasteiger partial charge in [0.2, 0.25) is 0 Å². The fourth-order valence-electron chi connectivity index (χ4n) is 4.67. The first kappa shape index (κ1) is 37.2. The van der Waals surface area contributed by atoms with Crippen LogP contribution in [0, 0.1) is 6.92 Å². The number of nitrogens with zero attached hydrogens (tertiary/aromatic N) is 3. The van der Waals surface area contributed by atoms with Gasteiger partial charge in [0.25, 0.3) is 11.8 Å². The zero-order chi connectivity index (χ0) is 34.0. The normalized spacial score (nSPS) is 11.3. The van der Waals surface area contributed by atoms with Crippen molar-refractivity contribution < 1.29 is 28.5 Å². The molecule has 3 rings (SSSR count). The molecule has 0 heterocycles. The van der Waals surface area contributed by atoms with E-state index in [2.05, 4.69) is 46.5 Å². The average molecular weight is 648 g/mol. The summed E-state index contributed by atoms with van der Waals surface area (Å²) in [6, 6.07) is 18.3. The minimum atomic E-state index is -0.535. The molecule has 0 unspecified atom stereocenters. The van der Waals surface area contributed by atoms with Crippen LogP contribution in [0.2, 0.25) is 0 Å². The van der Waals surface area contributed by atoms with Crippen LogP contribution in [-0.4, -0.2) is 102 Å². The van der Waals surface area contributed by atoms with Crippen LogP contribution >= 0.6 is 0 Å². The van der Waals surface area contributed by atoms with E-state index in [1.165, 1.54) is 6.07 Å². The third-order valence-electron chi connectivity index (χ3n) is 7.46. The van der Waals surface area contributed by atoms with Crippen molar-refractivity contribution in [3.63, 3.8) is 0 Å². The number of ether oxygens (including phenoxy) is 4. The third-order valence-corrected chi connectivity index (χ3v) is 7.46. The molecule has 11 heteroatoms. The molecule has 0 aliphatic carbocycles. The Morgan fingerprint density at radius 2 is 1.49 bits per heavy atom. The van der Waals surface area contributed by atoms with Gasteiger partial charge in [-0.3, -0.25) is 9.59 Å². The zero-order valence-electron chi connectivity index (χ0n) is 28.5. The smallest absolute Gasteiger partial charge is 0.273 e. The molecular formula is C36H49N5O6. The molecule has 3 aromatic carbocycles. The van der Waals surface area contributed by atoms with Crippen LogP contribution in [0.5, 0.6) is 11.5 Å². The summed E-state index contributed by atoms with van der Waals surface area (Å²) < 4.78 is 22.1. The van der Waals surface area contributed by atoms with Gasteiger partial charge >= 0.3 is 0 Å². The van der Waals surface area contributed by atoms with E-state index in [1.54, 1.807) is 32.6 Å². The number of likely N-dealkylation sites (N-methyl/N-ethyl adjacent to an activating group) is 2. The minimum Gasteiger partial charge on any atom is -0.487 e. The third kappa shape index (κ3) is 12.4. The fraction of sp³-hybridized carbons (Fsp3) is 0.417. The van der Waals surface area contributed by atoms with Gasteiger partial charge in [0.1, 0.15) is 13.2 Å². The Bertz CT molecular complexity index is 1440. The summed E-state index contributed by atoms with van der Waals surface area (Å²) in [4.78, 5) is 31.7. The van der Waals surface area contributed by atoms with Gasteiger partial charge in [-0.25, -0.2) is 5.43 Å². The summed E-state index contributed by atoms with van der Waals surface area (Å²) in [5.41, 5.74) is 6.38. The van der Waals surface area contributed by atoms with Gasteiger partial charge in [-0.15, -0.1) is 0 Å². The number of carbonyl (C=O) groups is 2. The lowest BCUT2D eigenvalue weighted by Crippen LogP contribution is -2.32. The maximum atomic E-state index is 13.6. The standard InChI is InChI=1S/C36H49N5O6/c1-7-41(8-2)17-16-40(4)26-29-10-9-11-30(22-29)35(42)38-32-24-34(47-21-19-45-6)33(46-20-18-44-5)23-31(32)36(43)39-37-25-28-14-12-27(3)13-15-28/h9-15,22-25H,7-8,16-21,26H2,1-6H3,(H,38,42)(H,39,43). The largest absolute Gasteiger partial charge is 0.487 e. The molecule has 0 aliphatic rings. The number of carbonyl (C=O) groups excluding carboxylic acids is 2. The van der Waals surface area contributed by atoms with E-state index < -0.39 is 5.91 Å². The summed E-state index contributed by atoms with van der Waals surface area (Å²) in [7, 11) is 5.22. The van der Waals surface area contributed by atoms with Crippen molar-refractivity contribution in [2.45, 2.75) is 27.3 Å². The van der Waals surface area contributed by atoms with E-state index in [0.717, 1.165) is 42.9 Å². The molecule has 0 bridgehead atoms. The van der Waals surface area contributed by atoms with Gasteiger partial charge in [0.15, 0.2) is 11.5 Å². The molecule has 0 fully saturated rings. The van der Waals surface area contributed by atoms with Crippen LogP contribution in [0.15, 0.2) is 65.8 Å². The zero-order valence-corrected chi connectivity index (χ0v) is 28.5. The van der Waals surface area contributed by atoms with Crippen LogP contribution in [0.1, 0.15) is 51.3 Å². The highest BCUT2D eigenvalue weighted by Gasteiger charge is 2.20. The number of hydrogen-bond donors (Lipinski definition) is 2. The molecule has 0 aromatic heterocycles. The topological polar surface area (TPSA) is 114 Å². The van der Waals surface area contributed by atoms with Crippen molar-refractivity contribution in [3.05, 3.63) is 88.5 Å². The monoisotopic (exact) mass is 647 g/mol. The molecule has 254 valence electrons. The van der Waals surface area contributed by atoms with Crippen LogP contribution in [0.25, 0.3) is 0 Å². The molecule has 47 heavy (non-hydrogen) atoms. The molecule has 0 saturated carbocycles. The van der Waals surface area contributed by atoms with E-state index in [0.29, 0.717) is 36.8 Å². The second-order valence-electron chi connectivity index (χ2n) is 11.1. The van der Waals surface area contributed by atoms with Gasteiger partial charge in [-0.05, 0) is 56.4 Å². The number of rotatable bonds is 20. The Morgan fingerprint density at radius 3 is 2.13 bits per heavy atom. The van der Waals surface area contributed by atoms with Gasteiger partial charge in [-0.2, -0.15) is 5.10 Å². The number of aryl methyl sites for hydroxylation is 1. The summed E-state index contributed by atoms with van der Waals surface area (Å²) in [5, 5.41) is 7.06. The van der Waals surface area contributed by atoms with Crippen LogP contribution in [-0.2, 0) is 16.0 Å². The van der Waals surface area contributed by atoms with Crippen molar-refractivity contribution in [1.29, 1.82) is 0 Å². The highest BCUT2D eigenvalue weighted by molar-refractivity contribution is 6.09. The predicted molar refractivity (Wildman–Crippen MR) is 186 cm³/mol. The number of hydrazone groups is 1. The first-order chi connectivity index (χ1) is 22.8. The van der Waals surface area contributed by atoms with Crippen LogP contribution in [0.3, 0.4) is 0 Å². The molecule has 0 radical (unpaired) electrons. The first-order valence-electron chi connectivity index (χ1n) is 15.9. The van der Waals surface area contributed by atoms with E-state index >= 15 is 0 Å². The molecule has 11 nitrogen and oxygen atoms in total. The number of anilines is 1. The number of methoxy groups -OCH3 is 2. The van der Waals surface area contributed by atoms with Crippen molar-refractivity contribution in [2.24, 2.45) is 5.10 Å². The fourth-order valence-corrected chi connectivity index (χ4v) is 4.67. The van der Waals surface area contributed by atoms with Gasteiger partial charge in [0, 0.05) is 45.5 Å². The molecular weight excluding hydrogens is 598 g/mol. The summed E-state index contributed by atoms with van der Waals surface area (Å²) in [6.45, 7) is 12.1. The highest BCUT2D eigenvalue weighted by atomic mass is 16.5. The lowest BCUT2D eigenvalue weighted by atomic mass is 10.1. The van der Waals surface area contributed by atoms with E-state index in [9.17, 15) is 9.59 Å². The Hall–Kier alpha value is -4.29. The molecule has 0 saturated heterocycles. The Labute approximate surface area is 278 Å². The van der Waals surface area contributed by atoms with Crippen molar-refractivity contribution in [3.8, 4) is 11.5 Å². The van der Waals surface area contributed by atoms with Crippen molar-refractivity contribution in [2.75, 3.05) is 79.2 Å². The Kier molecular flexibility index (Phi) is 15.9. The molecule has 0 aliphatic heterocycles. The van der Waals surface area contributed by atoms with Crippen molar-refractivity contribution in [1.82, 2.24) is 15.2 Å². The van der Waals surface area contributed by atoms with E-state index in [4.69, 9.17) is 18.9 Å². The lowest BCUT2D eigenvalue weighted by Gasteiger charge is -2.23. The number of hydrogen-bond acceptors (Lipinski definition) is 9. The van der Waals surface area contributed by atoms with Gasteiger partial charge in [0.05, 0.1) is 30.7 Å². The van der Waals surface area contributed by atoms with Crippen LogP contribution < -0.4 is 20.2 Å². The Morgan fingerprint density at radius 1 is 0.830 bits per heavy atom. The average Bonchev–Trinajstić information content (AvgIpc) is 3.07. The molecule has 0 atom stereocenters. The SMILES string of the molecule is CCN(CC)CCN(C)Cc1cccc(C(=O)Nc2cc(OCCOC)c(OCCOC)cc2C(=O)NN=Cc2ccc(C)cc2)c1. The lowest BCUT2D eigenvalue weighted by molar-refractivity contribution is 0.0955. The van der Waals surface area contributed by atoms with E-state index in [1.807, 2.05) is 49.4 Å². The second-order valence-corrected chi connectivity index (χ2v) is 11.1. The maximum absolute atomic E-state index is 13.6. The van der Waals surface area contributed by atoms with Gasteiger partial charge in [-0.1, -0.05) is 55.8 Å². The molecule has 3 aromatic rings. The molecule has 2 amide bonds. The number of benzene rings is 3. The van der Waals surface area contributed by atoms with Crippen LogP contribution in [0.4, 0.5) is 5.69 Å².